The predicted octanol–water partition coefficient (Wildman–Crippen LogP) is -1.76. The fourth-order valence-electron chi connectivity index (χ4n) is 0. The van der Waals surface area contributed by atoms with Crippen molar-refractivity contribution in [3.63, 3.8) is 0 Å². The Labute approximate surface area is 35.4 Å². The summed E-state index contributed by atoms with van der Waals surface area (Å²) in [6, 6.07) is 0. The van der Waals surface area contributed by atoms with Crippen LogP contribution in [0.15, 0.2) is 0 Å². The second kappa shape index (κ2) is 1.55. The molecule has 0 aliphatic carbocycles. The van der Waals surface area contributed by atoms with Crippen LogP contribution in [-0.2, 0) is 14.5 Å². The van der Waals surface area contributed by atoms with Gasteiger partial charge in [-0.3, -0.25) is 0 Å². The SMILES string of the molecule is CS(=O)(=O)O[O-]. The quantitative estimate of drug-likeness (QED) is 0.297. The van der Waals surface area contributed by atoms with Gasteiger partial charge in [0, 0.05) is 0 Å². The number of hydrogen-bond donors (Lipinski definition) is 0. The van der Waals surface area contributed by atoms with Crippen molar-refractivity contribution in [2.75, 3.05) is 6.26 Å². The Hall–Kier alpha value is -0.130. The third-order valence-corrected chi connectivity index (χ3v) is 0.371. The topological polar surface area (TPSA) is 66.4 Å². The van der Waals surface area contributed by atoms with Crippen molar-refractivity contribution in [2.24, 2.45) is 0 Å². The number of rotatable bonds is 1. The third kappa shape index (κ3) is 3.87. The molecule has 4 nitrogen and oxygen atoms in total. The van der Waals surface area contributed by atoms with E-state index in [1.54, 1.807) is 0 Å². The minimum Gasteiger partial charge on any atom is -0.707 e. The largest absolute Gasteiger partial charge is 0.707 e. The lowest BCUT2D eigenvalue weighted by molar-refractivity contribution is -0.634. The molecular formula is CH3O4S-. The van der Waals surface area contributed by atoms with Crippen molar-refractivity contribution < 1.29 is 18.0 Å². The Morgan fingerprint density at radius 2 is 1.83 bits per heavy atom. The summed E-state index contributed by atoms with van der Waals surface area (Å²) in [5.41, 5.74) is 0. The van der Waals surface area contributed by atoms with Crippen LogP contribution in [0.4, 0.5) is 0 Å². The van der Waals surface area contributed by atoms with Crippen molar-refractivity contribution in [3.8, 4) is 0 Å². The van der Waals surface area contributed by atoms with Crippen LogP contribution in [0, 0.1) is 0 Å². The Kier molecular flexibility index (Phi) is 1.51. The van der Waals surface area contributed by atoms with E-state index >= 15 is 0 Å². The molecule has 0 aliphatic rings. The fraction of sp³-hybridized carbons (Fsp3) is 1.00. The van der Waals surface area contributed by atoms with Gasteiger partial charge in [-0.05, 0) is 0 Å². The van der Waals surface area contributed by atoms with Crippen LogP contribution >= 0.6 is 0 Å². The van der Waals surface area contributed by atoms with Gasteiger partial charge in [-0.25, -0.2) is 8.42 Å². The molecule has 0 atom stereocenters. The first-order valence-corrected chi connectivity index (χ1v) is 2.89. The summed E-state index contributed by atoms with van der Waals surface area (Å²) in [5, 5.41) is 8.86. The van der Waals surface area contributed by atoms with Crippen molar-refractivity contribution in [1.82, 2.24) is 0 Å². The molecule has 0 aromatic heterocycles. The van der Waals surface area contributed by atoms with Gasteiger partial charge in [0.2, 0.25) is 0 Å². The molecule has 0 heterocycles. The Balaban J connectivity index is 3.85. The summed E-state index contributed by atoms with van der Waals surface area (Å²) < 4.78 is 21.6. The first-order valence-electron chi connectivity index (χ1n) is 1.07. The standard InChI is InChI=1S/CH4O4S/c1-6(3,4)5-2/h2H,1H3/p-1. The highest BCUT2D eigenvalue weighted by molar-refractivity contribution is 7.85. The average molecular weight is 111 g/mol. The van der Waals surface area contributed by atoms with Crippen molar-refractivity contribution in [3.05, 3.63) is 0 Å². The molecule has 5 heteroatoms. The zero-order valence-electron chi connectivity index (χ0n) is 3.04. The molecule has 6 heavy (non-hydrogen) atoms. The van der Waals surface area contributed by atoms with E-state index in [1.165, 1.54) is 0 Å². The Morgan fingerprint density at radius 1 is 1.67 bits per heavy atom. The van der Waals surface area contributed by atoms with Crippen LogP contribution in [0.3, 0.4) is 0 Å². The lowest BCUT2D eigenvalue weighted by atomic mass is 12.0. The van der Waals surface area contributed by atoms with Gasteiger partial charge < -0.3 is 9.59 Å². The summed E-state index contributed by atoms with van der Waals surface area (Å²) >= 11 is 0. The van der Waals surface area contributed by atoms with Gasteiger partial charge in [-0.15, -0.1) is 0 Å². The van der Waals surface area contributed by atoms with Gasteiger partial charge >= 0.3 is 0 Å². The van der Waals surface area contributed by atoms with E-state index in [1.807, 2.05) is 0 Å². The highest BCUT2D eigenvalue weighted by Gasteiger charge is 1.86. The Morgan fingerprint density at radius 3 is 1.83 bits per heavy atom. The zero-order chi connectivity index (χ0) is 5.21. The van der Waals surface area contributed by atoms with Crippen LogP contribution in [0.25, 0.3) is 0 Å². The molecule has 0 saturated carbocycles. The van der Waals surface area contributed by atoms with E-state index in [-0.39, 0.29) is 0 Å². The molecule has 0 amide bonds. The van der Waals surface area contributed by atoms with Gasteiger partial charge in [0.1, 0.15) is 0 Å². The van der Waals surface area contributed by atoms with Crippen LogP contribution in [-0.4, -0.2) is 14.7 Å². The highest BCUT2D eigenvalue weighted by atomic mass is 32.2. The van der Waals surface area contributed by atoms with E-state index in [0.29, 0.717) is 6.26 Å². The van der Waals surface area contributed by atoms with Gasteiger partial charge in [-0.1, -0.05) is 0 Å². The summed E-state index contributed by atoms with van der Waals surface area (Å²) in [6.45, 7) is 0. The molecule has 0 aliphatic heterocycles. The molecule has 0 rings (SSSR count). The normalized spacial score (nSPS) is 11.7. The van der Waals surface area contributed by atoms with E-state index in [9.17, 15) is 8.42 Å². The predicted molar refractivity (Wildman–Crippen MR) is 15.9 cm³/mol. The zero-order valence-corrected chi connectivity index (χ0v) is 3.86. The molecule has 0 aromatic rings. The van der Waals surface area contributed by atoms with Crippen LogP contribution in [0.1, 0.15) is 0 Å². The van der Waals surface area contributed by atoms with Gasteiger partial charge in [-0.2, -0.15) is 0 Å². The fourth-order valence-corrected chi connectivity index (χ4v) is 0. The van der Waals surface area contributed by atoms with Crippen LogP contribution in [0.5, 0.6) is 0 Å². The lowest BCUT2D eigenvalue weighted by Gasteiger charge is -1.97. The van der Waals surface area contributed by atoms with E-state index in [4.69, 9.17) is 5.26 Å². The summed E-state index contributed by atoms with van der Waals surface area (Å²) in [7, 11) is -3.72. The van der Waals surface area contributed by atoms with Crippen molar-refractivity contribution in [2.45, 2.75) is 0 Å². The van der Waals surface area contributed by atoms with E-state index < -0.39 is 10.1 Å². The highest BCUT2D eigenvalue weighted by Crippen LogP contribution is 1.71. The maximum absolute atomic E-state index is 9.47. The summed E-state index contributed by atoms with van der Waals surface area (Å²) in [6.07, 6.45) is 0.681. The molecule has 38 valence electrons. The first-order chi connectivity index (χ1) is 2.56. The van der Waals surface area contributed by atoms with Crippen molar-refractivity contribution in [1.29, 1.82) is 0 Å². The Bertz CT molecular complexity index is 110. The van der Waals surface area contributed by atoms with Crippen LogP contribution in [0.2, 0.25) is 0 Å². The molecule has 0 aromatic carbocycles. The average Bonchev–Trinajstić information content (AvgIpc) is 1.35. The molecule has 0 N–H and O–H groups in total. The first kappa shape index (κ1) is 5.87. The van der Waals surface area contributed by atoms with Gasteiger partial charge in [0.05, 0.1) is 6.26 Å². The maximum atomic E-state index is 9.47. The molecule has 0 spiro atoms. The molecule has 0 radical (unpaired) electrons. The second-order valence-corrected chi connectivity index (χ2v) is 2.32. The van der Waals surface area contributed by atoms with E-state index in [0.717, 1.165) is 0 Å². The minimum atomic E-state index is -3.72. The molecule has 0 unspecified atom stereocenters. The van der Waals surface area contributed by atoms with E-state index in [2.05, 4.69) is 4.33 Å². The maximum Gasteiger partial charge on any atom is 0.255 e. The van der Waals surface area contributed by atoms with Gasteiger partial charge in [0.15, 0.2) is 0 Å². The van der Waals surface area contributed by atoms with Crippen LogP contribution < -0.4 is 5.26 Å². The lowest BCUT2D eigenvalue weighted by Crippen LogP contribution is -2.12. The molecule has 0 saturated heterocycles. The third-order valence-electron chi connectivity index (χ3n) is 0.124. The van der Waals surface area contributed by atoms with Crippen molar-refractivity contribution >= 4 is 10.1 Å². The minimum absolute atomic E-state index is 0.681. The molecule has 0 fully saturated rings. The number of hydrogen-bond acceptors (Lipinski definition) is 4. The summed E-state index contributed by atoms with van der Waals surface area (Å²) in [4.78, 5) is 0. The van der Waals surface area contributed by atoms with Gasteiger partial charge in [0.25, 0.3) is 10.1 Å². The molecular weight excluding hydrogens is 108 g/mol. The monoisotopic (exact) mass is 111 g/mol. The smallest absolute Gasteiger partial charge is 0.255 e. The second-order valence-electron chi connectivity index (χ2n) is 0.772. The molecule has 0 bridgehead atoms. The summed E-state index contributed by atoms with van der Waals surface area (Å²) in [5.74, 6) is 0.